The van der Waals surface area contributed by atoms with Crippen LogP contribution in [0.2, 0.25) is 0 Å². The standard InChI is InChI=1S/C36H32F3N3O5/c37-28-16-27(17-29(38)32(28)39)30-18-42(41-40-30)33-34(44-20-25-12-6-2-7-13-25)31(22-43-19-24-10-4-1-5-11-24)47-36(23-46-36)35(33)45-21-26-14-8-3-9-15-26/h1-18,31,33-35H,19-23H2. The molecule has 0 N–H and O–H groups in total. The van der Waals surface area contributed by atoms with E-state index in [0.29, 0.717) is 6.61 Å². The molecule has 8 nitrogen and oxygen atoms in total. The SMILES string of the molecule is Fc1cc(-c2cn(C3C(OCc4ccccc4)C(COCc4ccccc4)OC4(CO4)C3OCc3ccccc3)nn2)cc(F)c1F. The Morgan fingerprint density at radius 3 is 1.89 bits per heavy atom. The van der Waals surface area contributed by atoms with Crippen molar-refractivity contribution in [1.29, 1.82) is 0 Å². The van der Waals surface area contributed by atoms with Crippen LogP contribution in [0.25, 0.3) is 11.3 Å². The van der Waals surface area contributed by atoms with E-state index in [1.165, 1.54) is 6.20 Å². The van der Waals surface area contributed by atoms with Crippen molar-refractivity contribution in [3.8, 4) is 11.3 Å². The van der Waals surface area contributed by atoms with E-state index >= 15 is 0 Å². The van der Waals surface area contributed by atoms with Crippen LogP contribution < -0.4 is 0 Å². The van der Waals surface area contributed by atoms with E-state index < -0.39 is 47.6 Å². The van der Waals surface area contributed by atoms with Gasteiger partial charge in [-0.1, -0.05) is 96.2 Å². The number of epoxide rings is 1. The molecule has 2 aliphatic heterocycles. The van der Waals surface area contributed by atoms with Gasteiger partial charge in [0.15, 0.2) is 17.5 Å². The Hall–Kier alpha value is -4.39. The van der Waals surface area contributed by atoms with Gasteiger partial charge in [0.1, 0.15) is 36.7 Å². The van der Waals surface area contributed by atoms with Crippen molar-refractivity contribution in [2.24, 2.45) is 0 Å². The second-order valence-corrected chi connectivity index (χ2v) is 11.6. The maximum Gasteiger partial charge on any atom is 0.222 e. The first-order valence-electron chi connectivity index (χ1n) is 15.3. The third-order valence-corrected chi connectivity index (χ3v) is 8.27. The topological polar surface area (TPSA) is 80.2 Å². The van der Waals surface area contributed by atoms with Crippen molar-refractivity contribution < 1.29 is 36.9 Å². The number of halogens is 3. The number of benzene rings is 4. The predicted octanol–water partition coefficient (Wildman–Crippen LogP) is 6.42. The highest BCUT2D eigenvalue weighted by Gasteiger charge is 2.65. The minimum atomic E-state index is -1.56. The number of aromatic nitrogens is 3. The molecule has 0 aliphatic carbocycles. The zero-order chi connectivity index (χ0) is 32.2. The Morgan fingerprint density at radius 1 is 0.766 bits per heavy atom. The molecular formula is C36H32F3N3O5. The van der Waals surface area contributed by atoms with Crippen LogP contribution in [-0.4, -0.2) is 52.3 Å². The molecular weight excluding hydrogens is 611 g/mol. The average molecular weight is 644 g/mol. The molecule has 3 heterocycles. The molecule has 2 saturated heterocycles. The minimum Gasteiger partial charge on any atom is -0.374 e. The highest BCUT2D eigenvalue weighted by molar-refractivity contribution is 5.58. The van der Waals surface area contributed by atoms with E-state index in [9.17, 15) is 13.2 Å². The van der Waals surface area contributed by atoms with Gasteiger partial charge < -0.3 is 23.7 Å². The molecule has 0 saturated carbocycles. The molecule has 4 aromatic carbocycles. The van der Waals surface area contributed by atoms with Crippen molar-refractivity contribution in [3.05, 3.63) is 143 Å². The molecule has 7 rings (SSSR count). The summed E-state index contributed by atoms with van der Waals surface area (Å²) in [5.41, 5.74) is 3.05. The summed E-state index contributed by atoms with van der Waals surface area (Å²) in [4.78, 5) is 0. The van der Waals surface area contributed by atoms with Crippen LogP contribution in [0.3, 0.4) is 0 Å². The lowest BCUT2D eigenvalue weighted by atomic mass is 9.92. The lowest BCUT2D eigenvalue weighted by Crippen LogP contribution is -2.59. The van der Waals surface area contributed by atoms with Gasteiger partial charge in [-0.3, -0.25) is 0 Å². The van der Waals surface area contributed by atoms with Crippen LogP contribution in [0, 0.1) is 17.5 Å². The van der Waals surface area contributed by atoms with Crippen LogP contribution in [0.15, 0.2) is 109 Å². The summed E-state index contributed by atoms with van der Waals surface area (Å²) in [5, 5.41) is 8.59. The molecule has 47 heavy (non-hydrogen) atoms. The van der Waals surface area contributed by atoms with Gasteiger partial charge >= 0.3 is 0 Å². The van der Waals surface area contributed by atoms with E-state index in [4.69, 9.17) is 23.7 Å². The van der Waals surface area contributed by atoms with Crippen molar-refractivity contribution in [3.63, 3.8) is 0 Å². The second-order valence-electron chi connectivity index (χ2n) is 11.6. The Bertz CT molecular complexity index is 1750. The third kappa shape index (κ3) is 6.99. The fourth-order valence-corrected chi connectivity index (χ4v) is 5.85. The van der Waals surface area contributed by atoms with Gasteiger partial charge in [-0.05, 0) is 28.8 Å². The number of rotatable bonds is 12. The smallest absolute Gasteiger partial charge is 0.222 e. The van der Waals surface area contributed by atoms with Gasteiger partial charge in [-0.2, -0.15) is 0 Å². The minimum absolute atomic E-state index is 0.0309. The summed E-state index contributed by atoms with van der Waals surface area (Å²) in [5.74, 6) is -5.32. The fraction of sp³-hybridized carbons (Fsp3) is 0.278. The Balaban J connectivity index is 1.24. The molecule has 1 spiro atoms. The third-order valence-electron chi connectivity index (χ3n) is 8.27. The van der Waals surface area contributed by atoms with E-state index in [-0.39, 0.29) is 37.7 Å². The lowest BCUT2D eigenvalue weighted by molar-refractivity contribution is -0.276. The number of hydrogen-bond donors (Lipinski definition) is 0. The molecule has 242 valence electrons. The quantitative estimate of drug-likeness (QED) is 0.115. The van der Waals surface area contributed by atoms with Gasteiger partial charge in [0.25, 0.3) is 0 Å². The molecule has 2 fully saturated rings. The zero-order valence-corrected chi connectivity index (χ0v) is 25.3. The zero-order valence-electron chi connectivity index (χ0n) is 25.3. The monoisotopic (exact) mass is 643 g/mol. The summed E-state index contributed by atoms with van der Waals surface area (Å²) in [6.07, 6.45) is -0.513. The van der Waals surface area contributed by atoms with Crippen LogP contribution in [-0.2, 0) is 43.5 Å². The van der Waals surface area contributed by atoms with Gasteiger partial charge in [0, 0.05) is 5.56 Å². The number of ether oxygens (including phenoxy) is 5. The first kappa shape index (κ1) is 31.2. The summed E-state index contributed by atoms with van der Waals surface area (Å²) >= 11 is 0. The first-order chi connectivity index (χ1) is 23.0. The van der Waals surface area contributed by atoms with E-state index in [0.717, 1.165) is 28.8 Å². The molecule has 2 aliphatic rings. The fourth-order valence-electron chi connectivity index (χ4n) is 5.85. The van der Waals surface area contributed by atoms with Gasteiger partial charge in [-0.15, -0.1) is 5.10 Å². The van der Waals surface area contributed by atoms with Crippen LogP contribution in [0.4, 0.5) is 13.2 Å². The van der Waals surface area contributed by atoms with Gasteiger partial charge in [-0.25, -0.2) is 17.9 Å². The molecule has 5 unspecified atom stereocenters. The van der Waals surface area contributed by atoms with E-state index in [1.54, 1.807) is 4.68 Å². The molecule has 5 aromatic rings. The van der Waals surface area contributed by atoms with Crippen molar-refractivity contribution >= 4 is 0 Å². The number of nitrogens with zero attached hydrogens (tertiary/aromatic N) is 3. The summed E-state index contributed by atoms with van der Waals surface area (Å²) in [6.45, 7) is 1.27. The van der Waals surface area contributed by atoms with Crippen LogP contribution >= 0.6 is 0 Å². The van der Waals surface area contributed by atoms with Gasteiger partial charge in [0.05, 0.1) is 32.6 Å². The Kier molecular flexibility index (Phi) is 9.14. The summed E-state index contributed by atoms with van der Waals surface area (Å²) in [7, 11) is 0. The highest BCUT2D eigenvalue weighted by atomic mass is 19.2. The van der Waals surface area contributed by atoms with Crippen molar-refractivity contribution in [2.75, 3.05) is 13.2 Å². The lowest BCUT2D eigenvalue weighted by Gasteiger charge is -2.45. The maximum absolute atomic E-state index is 14.2. The number of hydrogen-bond acceptors (Lipinski definition) is 7. The second kappa shape index (κ2) is 13.8. The van der Waals surface area contributed by atoms with Crippen molar-refractivity contribution in [2.45, 2.75) is 50.0 Å². The first-order valence-corrected chi connectivity index (χ1v) is 15.3. The summed E-state index contributed by atoms with van der Waals surface area (Å²) < 4.78 is 75.6. The molecule has 0 radical (unpaired) electrons. The predicted molar refractivity (Wildman–Crippen MR) is 164 cm³/mol. The molecule has 11 heteroatoms. The molecule has 0 bridgehead atoms. The highest BCUT2D eigenvalue weighted by Crippen LogP contribution is 2.48. The maximum atomic E-state index is 14.2. The Labute approximate surface area is 269 Å². The average Bonchev–Trinajstić information content (AvgIpc) is 3.69. The van der Waals surface area contributed by atoms with E-state index in [1.807, 2.05) is 91.0 Å². The summed E-state index contributed by atoms with van der Waals surface area (Å²) in [6, 6.07) is 30.2. The van der Waals surface area contributed by atoms with Crippen molar-refractivity contribution in [1.82, 2.24) is 15.0 Å². The molecule has 0 amide bonds. The van der Waals surface area contributed by atoms with Crippen LogP contribution in [0.5, 0.6) is 0 Å². The van der Waals surface area contributed by atoms with Crippen LogP contribution in [0.1, 0.15) is 22.7 Å². The largest absolute Gasteiger partial charge is 0.374 e. The Morgan fingerprint density at radius 2 is 1.32 bits per heavy atom. The van der Waals surface area contributed by atoms with Gasteiger partial charge in [0.2, 0.25) is 5.79 Å². The molecule has 5 atom stereocenters. The normalized spacial score (nSPS) is 23.6. The van der Waals surface area contributed by atoms with E-state index in [2.05, 4.69) is 10.3 Å². The molecule has 1 aromatic heterocycles.